The second-order valence-electron chi connectivity index (χ2n) is 10.2. The molecule has 0 bridgehead atoms. The van der Waals surface area contributed by atoms with E-state index in [1.807, 2.05) is 43.3 Å². The van der Waals surface area contributed by atoms with Crippen LogP contribution in [0.3, 0.4) is 0 Å². The van der Waals surface area contributed by atoms with Crippen molar-refractivity contribution in [2.45, 2.75) is 62.0 Å². The molecule has 1 heterocycles. The summed E-state index contributed by atoms with van der Waals surface area (Å²) in [5, 5.41) is 6.56. The van der Waals surface area contributed by atoms with Crippen LogP contribution in [0.15, 0.2) is 82.7 Å². The molecule has 1 aliphatic carbocycles. The fourth-order valence-corrected chi connectivity index (χ4v) is 6.05. The fraction of sp³-hybridized carbons (Fsp3) is 0.312. The Morgan fingerprint density at radius 2 is 1.80 bits per heavy atom. The van der Waals surface area contributed by atoms with Gasteiger partial charge in [0.2, 0.25) is 5.91 Å². The van der Waals surface area contributed by atoms with Crippen molar-refractivity contribution in [2.75, 3.05) is 12.4 Å². The third-order valence-corrected chi connectivity index (χ3v) is 8.68. The second kappa shape index (κ2) is 13.0. The number of hydrogen-bond acceptors (Lipinski definition) is 6. The Kier molecular flexibility index (Phi) is 9.04. The first kappa shape index (κ1) is 28.4. The third kappa shape index (κ3) is 6.79. The monoisotopic (exact) mass is 570 g/mol. The number of ether oxygens (including phenoxy) is 1. The molecule has 0 aliphatic heterocycles. The Bertz CT molecular complexity index is 1600. The van der Waals surface area contributed by atoms with Gasteiger partial charge in [-0.1, -0.05) is 61.9 Å². The van der Waals surface area contributed by atoms with Crippen LogP contribution >= 0.6 is 11.8 Å². The molecule has 5 rings (SSSR count). The highest BCUT2D eigenvalue weighted by Gasteiger charge is 2.23. The molecule has 1 aliphatic rings. The molecule has 2 N–H and O–H groups in total. The number of rotatable bonds is 10. The first-order chi connectivity index (χ1) is 19.9. The summed E-state index contributed by atoms with van der Waals surface area (Å²) in [6.07, 6.45) is 4.89. The van der Waals surface area contributed by atoms with Crippen LogP contribution < -0.4 is 20.9 Å². The number of methoxy groups -OCH3 is 1. The molecular weight excluding hydrogens is 536 g/mol. The number of benzene rings is 3. The van der Waals surface area contributed by atoms with Crippen molar-refractivity contribution in [1.29, 1.82) is 0 Å². The Morgan fingerprint density at radius 3 is 2.54 bits per heavy atom. The zero-order valence-electron chi connectivity index (χ0n) is 23.3. The van der Waals surface area contributed by atoms with Crippen molar-refractivity contribution in [3.05, 3.63) is 94.3 Å². The lowest BCUT2D eigenvalue weighted by Gasteiger charge is -2.18. The number of aromatic nitrogens is 2. The van der Waals surface area contributed by atoms with E-state index in [2.05, 4.69) is 10.6 Å². The van der Waals surface area contributed by atoms with E-state index in [4.69, 9.17) is 9.72 Å². The average molecular weight is 571 g/mol. The van der Waals surface area contributed by atoms with Crippen LogP contribution in [0.1, 0.15) is 54.9 Å². The summed E-state index contributed by atoms with van der Waals surface area (Å²) < 4.78 is 6.88. The first-order valence-electron chi connectivity index (χ1n) is 14.0. The molecule has 3 aromatic carbocycles. The molecular formula is C32H34N4O4S. The highest BCUT2D eigenvalue weighted by molar-refractivity contribution is 8.00. The lowest BCUT2D eigenvalue weighted by atomic mass is 10.1. The summed E-state index contributed by atoms with van der Waals surface area (Å²) in [4.78, 5) is 44.4. The predicted molar refractivity (Wildman–Crippen MR) is 163 cm³/mol. The second-order valence-corrected chi connectivity index (χ2v) is 11.4. The molecule has 212 valence electrons. The molecule has 1 aromatic heterocycles. The lowest BCUT2D eigenvalue weighted by Crippen LogP contribution is -2.32. The minimum Gasteiger partial charge on any atom is -0.497 e. The number of amides is 2. The number of hydrogen-bond donors (Lipinski definition) is 2. The molecule has 2 amide bonds. The van der Waals surface area contributed by atoms with Gasteiger partial charge < -0.3 is 15.4 Å². The van der Waals surface area contributed by atoms with Crippen LogP contribution in [0.25, 0.3) is 10.9 Å². The predicted octanol–water partition coefficient (Wildman–Crippen LogP) is 5.64. The van der Waals surface area contributed by atoms with Gasteiger partial charge in [-0.3, -0.25) is 19.0 Å². The quantitative estimate of drug-likeness (QED) is 0.189. The summed E-state index contributed by atoms with van der Waals surface area (Å²) in [6, 6.07) is 22.0. The number of nitrogens with zero attached hydrogens (tertiary/aromatic N) is 2. The smallest absolute Gasteiger partial charge is 0.262 e. The van der Waals surface area contributed by atoms with E-state index in [9.17, 15) is 14.4 Å². The molecule has 1 atom stereocenters. The van der Waals surface area contributed by atoms with Gasteiger partial charge in [-0.2, -0.15) is 0 Å². The van der Waals surface area contributed by atoms with E-state index >= 15 is 0 Å². The van der Waals surface area contributed by atoms with Crippen LogP contribution in [0.2, 0.25) is 0 Å². The number of para-hydroxylation sites is 1. The Morgan fingerprint density at radius 1 is 1.05 bits per heavy atom. The van der Waals surface area contributed by atoms with Crippen molar-refractivity contribution in [2.24, 2.45) is 0 Å². The molecule has 0 spiro atoms. The highest BCUT2D eigenvalue weighted by Crippen LogP contribution is 2.27. The van der Waals surface area contributed by atoms with E-state index < -0.39 is 5.25 Å². The van der Waals surface area contributed by atoms with Gasteiger partial charge in [-0.05, 0) is 61.2 Å². The summed E-state index contributed by atoms with van der Waals surface area (Å²) in [7, 11) is 1.58. The van der Waals surface area contributed by atoms with Crippen molar-refractivity contribution in [1.82, 2.24) is 14.9 Å². The topological polar surface area (TPSA) is 102 Å². The molecule has 0 saturated heterocycles. The van der Waals surface area contributed by atoms with Crippen molar-refractivity contribution in [3.63, 3.8) is 0 Å². The Hall–Kier alpha value is -4.11. The number of carbonyl (C=O) groups is 2. The van der Waals surface area contributed by atoms with Crippen LogP contribution in [0, 0.1) is 0 Å². The number of carbonyl (C=O) groups excluding carboxylic acids is 2. The van der Waals surface area contributed by atoms with Crippen LogP contribution in [-0.2, 0) is 11.3 Å². The van der Waals surface area contributed by atoms with Crippen LogP contribution in [0.4, 0.5) is 5.69 Å². The molecule has 8 nitrogen and oxygen atoms in total. The van der Waals surface area contributed by atoms with Crippen molar-refractivity contribution in [3.8, 4) is 5.75 Å². The molecule has 0 radical (unpaired) electrons. The van der Waals surface area contributed by atoms with Crippen molar-refractivity contribution < 1.29 is 14.3 Å². The van der Waals surface area contributed by atoms with Gasteiger partial charge in [0.15, 0.2) is 5.16 Å². The molecule has 1 fully saturated rings. The van der Waals surface area contributed by atoms with Crippen LogP contribution in [-0.4, -0.2) is 39.8 Å². The van der Waals surface area contributed by atoms with E-state index in [-0.39, 0.29) is 30.0 Å². The summed E-state index contributed by atoms with van der Waals surface area (Å²) in [6.45, 7) is 2.19. The maximum Gasteiger partial charge on any atom is 0.262 e. The van der Waals surface area contributed by atoms with Gasteiger partial charge in [-0.25, -0.2) is 4.98 Å². The Labute approximate surface area is 243 Å². The first-order valence-corrected chi connectivity index (χ1v) is 14.8. The number of anilines is 1. The molecule has 9 heteroatoms. The van der Waals surface area contributed by atoms with Gasteiger partial charge >= 0.3 is 0 Å². The average Bonchev–Trinajstić information content (AvgIpc) is 3.51. The minimum atomic E-state index is -0.484. The Balaban J connectivity index is 1.39. The molecule has 41 heavy (non-hydrogen) atoms. The van der Waals surface area contributed by atoms with Gasteiger partial charge in [0.05, 0.1) is 29.8 Å². The maximum atomic E-state index is 13.7. The van der Waals surface area contributed by atoms with Crippen molar-refractivity contribution >= 4 is 40.2 Å². The van der Waals surface area contributed by atoms with Gasteiger partial charge in [0, 0.05) is 23.4 Å². The zero-order chi connectivity index (χ0) is 28.8. The summed E-state index contributed by atoms with van der Waals surface area (Å²) >= 11 is 1.27. The molecule has 1 saturated carbocycles. The van der Waals surface area contributed by atoms with Crippen LogP contribution in [0.5, 0.6) is 5.75 Å². The largest absolute Gasteiger partial charge is 0.497 e. The lowest BCUT2D eigenvalue weighted by molar-refractivity contribution is -0.115. The van der Waals surface area contributed by atoms with E-state index in [1.54, 1.807) is 48.1 Å². The number of nitrogens with one attached hydrogen (secondary N) is 2. The maximum absolute atomic E-state index is 13.7. The van der Waals surface area contributed by atoms with Gasteiger partial charge in [-0.15, -0.1) is 0 Å². The number of fused-ring (bicyclic) bond motifs is 1. The van der Waals surface area contributed by atoms with E-state index in [0.29, 0.717) is 39.5 Å². The van der Waals surface area contributed by atoms with Gasteiger partial charge in [0.25, 0.3) is 11.5 Å². The standard InChI is InChI=1S/C32H34N4O4S/c1-3-28(30(38)34-24-11-8-12-25(19-24)40-2)41-32-35-27-14-7-6-13-26(27)31(39)36(32)20-21-15-17-22(18-16-21)29(37)33-23-9-4-5-10-23/h6-8,11-19,23,28H,3-5,9-10,20H2,1-2H3,(H,33,37)(H,34,38). The summed E-state index contributed by atoms with van der Waals surface area (Å²) in [5.74, 6) is 0.394. The van der Waals surface area contributed by atoms with E-state index in [0.717, 1.165) is 31.2 Å². The normalized spacial score (nSPS) is 14.1. The third-order valence-electron chi connectivity index (χ3n) is 7.32. The van der Waals surface area contributed by atoms with Gasteiger partial charge in [0.1, 0.15) is 5.75 Å². The number of thioether (sulfide) groups is 1. The fourth-order valence-electron chi connectivity index (χ4n) is 5.03. The van der Waals surface area contributed by atoms with E-state index in [1.165, 1.54) is 11.8 Å². The highest BCUT2D eigenvalue weighted by atomic mass is 32.2. The zero-order valence-corrected chi connectivity index (χ0v) is 24.1. The minimum absolute atomic E-state index is 0.0722. The SMILES string of the molecule is CCC(Sc1nc2ccccc2c(=O)n1Cc1ccc(C(=O)NC2CCCC2)cc1)C(=O)Nc1cccc(OC)c1. The summed E-state index contributed by atoms with van der Waals surface area (Å²) in [5.41, 5.74) is 2.49. The molecule has 1 unspecified atom stereocenters. The molecule has 4 aromatic rings.